The van der Waals surface area contributed by atoms with Crippen LogP contribution in [0, 0.1) is 0 Å². The molecule has 9 heteroatoms. The zero-order chi connectivity index (χ0) is 49.2. The van der Waals surface area contributed by atoms with Crippen LogP contribution in [-0.4, -0.2) is 73.4 Å². The number of carbonyl (C=O) groups excluding carboxylic acids is 1. The largest absolute Gasteiger partial charge is 0.472 e. The molecule has 0 aliphatic rings. The minimum atomic E-state index is -4.32. The summed E-state index contributed by atoms with van der Waals surface area (Å²) in [5, 5.41) is 13.6. The summed E-state index contributed by atoms with van der Waals surface area (Å²) in [6.07, 6.45) is 68.2. The highest BCUT2D eigenvalue weighted by Gasteiger charge is 2.27. The first-order chi connectivity index (χ1) is 32.5. The van der Waals surface area contributed by atoms with Crippen LogP contribution >= 0.6 is 7.82 Å². The summed E-state index contributed by atoms with van der Waals surface area (Å²) in [7, 11) is 1.57. The number of unbranched alkanes of at least 4 members (excludes halogenated alkanes) is 27. The average Bonchev–Trinajstić information content (AvgIpc) is 3.29. The molecule has 0 aliphatic heterocycles. The van der Waals surface area contributed by atoms with Gasteiger partial charge in [0.15, 0.2) is 0 Å². The van der Waals surface area contributed by atoms with Gasteiger partial charge in [-0.1, -0.05) is 247 Å². The molecule has 0 aromatic rings. The third kappa shape index (κ3) is 51.6. The van der Waals surface area contributed by atoms with Crippen molar-refractivity contribution in [2.75, 3.05) is 40.9 Å². The molecule has 0 spiro atoms. The number of rotatable bonds is 50. The summed E-state index contributed by atoms with van der Waals surface area (Å²) >= 11 is 0. The molecule has 0 saturated carbocycles. The Kier molecular flexibility index (Phi) is 47.4. The van der Waals surface area contributed by atoms with Crippen LogP contribution in [0.4, 0.5) is 0 Å². The Morgan fingerprint density at radius 2 is 0.896 bits per heavy atom. The number of likely N-dealkylation sites (N-methyl/N-ethyl adjacent to an activating group) is 1. The lowest BCUT2D eigenvalue weighted by molar-refractivity contribution is -0.870. The zero-order valence-electron chi connectivity index (χ0n) is 44.4. The summed E-state index contributed by atoms with van der Waals surface area (Å²) in [6, 6.07) is -0.841. The lowest BCUT2D eigenvalue weighted by atomic mass is 10.0. The number of hydrogen-bond acceptors (Lipinski definition) is 5. The average molecular weight is 960 g/mol. The molecule has 0 saturated heterocycles. The van der Waals surface area contributed by atoms with E-state index in [1.807, 2.05) is 27.2 Å². The lowest BCUT2D eigenvalue weighted by Crippen LogP contribution is -2.45. The van der Waals surface area contributed by atoms with Crippen molar-refractivity contribution in [2.45, 2.75) is 251 Å². The van der Waals surface area contributed by atoms with E-state index in [2.05, 4.69) is 79.9 Å². The van der Waals surface area contributed by atoms with E-state index in [1.165, 1.54) is 148 Å². The number of phosphoric acid groups is 1. The van der Waals surface area contributed by atoms with Crippen LogP contribution in [0.25, 0.3) is 0 Å². The van der Waals surface area contributed by atoms with Gasteiger partial charge in [0, 0.05) is 6.42 Å². The van der Waals surface area contributed by atoms with Crippen molar-refractivity contribution in [2.24, 2.45) is 0 Å². The Labute approximate surface area is 414 Å². The number of allylic oxidation sites excluding steroid dienone is 11. The number of quaternary nitrogens is 1. The minimum Gasteiger partial charge on any atom is -0.387 e. The van der Waals surface area contributed by atoms with E-state index in [4.69, 9.17) is 9.05 Å². The van der Waals surface area contributed by atoms with Crippen molar-refractivity contribution in [3.8, 4) is 0 Å². The van der Waals surface area contributed by atoms with Crippen molar-refractivity contribution < 1.29 is 32.9 Å². The number of hydrogen-bond donors (Lipinski definition) is 3. The molecule has 0 heterocycles. The van der Waals surface area contributed by atoms with Gasteiger partial charge >= 0.3 is 7.82 Å². The maximum Gasteiger partial charge on any atom is 0.472 e. The topological polar surface area (TPSA) is 105 Å². The molecule has 0 rings (SSSR count). The third-order valence-electron chi connectivity index (χ3n) is 12.2. The van der Waals surface area contributed by atoms with Gasteiger partial charge in [-0.25, -0.2) is 4.57 Å². The van der Waals surface area contributed by atoms with Gasteiger partial charge < -0.3 is 19.8 Å². The summed E-state index contributed by atoms with van der Waals surface area (Å²) in [5.74, 6) is -0.185. The number of nitrogens with one attached hydrogen (secondary N) is 1. The van der Waals surface area contributed by atoms with E-state index in [-0.39, 0.29) is 19.1 Å². The smallest absolute Gasteiger partial charge is 0.387 e. The van der Waals surface area contributed by atoms with Crippen LogP contribution in [0.2, 0.25) is 0 Å². The second kappa shape index (κ2) is 48.9. The van der Waals surface area contributed by atoms with Gasteiger partial charge in [-0.15, -0.1) is 0 Å². The first-order valence-corrected chi connectivity index (χ1v) is 29.3. The van der Waals surface area contributed by atoms with E-state index in [9.17, 15) is 19.4 Å². The van der Waals surface area contributed by atoms with E-state index < -0.39 is 20.0 Å². The van der Waals surface area contributed by atoms with Gasteiger partial charge in [-0.05, 0) is 57.8 Å². The monoisotopic (exact) mass is 960 g/mol. The standard InChI is InChI=1S/C58H107N2O6P/c1-6-8-10-12-13-14-15-16-17-18-19-20-21-22-23-24-25-26-27-28-29-30-31-32-33-34-35-36-37-38-39-40-41-42-43-44-45-46-47-48-50-52-58(62)59-56(57(61)51-49-11-9-7-2)55-66-67(63,64)65-54-53-60(3,4)5/h8,10,13-14,16-17,19-20,22-23,49,51,56-57,61H,6-7,9,11-12,15,18,21,24-48,50,52-55H2,1-5H3,(H-,59,62,63,64)/p+1/b10-8-,14-13-,17-16-,20-19-,23-22-,51-49+. The maximum atomic E-state index is 12.8. The molecule has 3 N–H and O–H groups in total. The summed E-state index contributed by atoms with van der Waals surface area (Å²) < 4.78 is 23.3. The molecule has 8 nitrogen and oxygen atoms in total. The van der Waals surface area contributed by atoms with Crippen LogP contribution in [0.1, 0.15) is 239 Å². The van der Waals surface area contributed by atoms with Crippen molar-refractivity contribution >= 4 is 13.7 Å². The highest BCUT2D eigenvalue weighted by molar-refractivity contribution is 7.47. The SMILES string of the molecule is CC/C=C\C/C=C\C/C=C\C/C=C\C/C=C\CCCCCCCCCCCCCCCCCCCCCCCCCCCC(=O)NC(COP(=O)(O)OCC[N+](C)(C)C)C(O)/C=C/CCCC. The molecule has 0 bridgehead atoms. The fourth-order valence-electron chi connectivity index (χ4n) is 7.82. The molecule has 0 aromatic heterocycles. The lowest BCUT2D eigenvalue weighted by Gasteiger charge is -2.25. The molecule has 3 atom stereocenters. The van der Waals surface area contributed by atoms with Crippen molar-refractivity contribution in [3.63, 3.8) is 0 Å². The summed E-state index contributed by atoms with van der Waals surface area (Å²) in [6.45, 7) is 4.55. The first kappa shape index (κ1) is 64.9. The fourth-order valence-corrected chi connectivity index (χ4v) is 8.56. The highest BCUT2D eigenvalue weighted by Crippen LogP contribution is 2.43. The number of aliphatic hydroxyl groups is 1. The number of nitrogens with zero attached hydrogens (tertiary/aromatic N) is 1. The summed E-state index contributed by atoms with van der Waals surface area (Å²) in [4.78, 5) is 22.9. The van der Waals surface area contributed by atoms with Crippen LogP contribution in [0.3, 0.4) is 0 Å². The number of carbonyl (C=O) groups is 1. The van der Waals surface area contributed by atoms with Crippen LogP contribution < -0.4 is 5.32 Å². The molecule has 390 valence electrons. The third-order valence-corrected chi connectivity index (χ3v) is 13.2. The predicted molar refractivity (Wildman–Crippen MR) is 290 cm³/mol. The second-order valence-electron chi connectivity index (χ2n) is 19.9. The first-order valence-electron chi connectivity index (χ1n) is 27.8. The van der Waals surface area contributed by atoms with Gasteiger partial charge in [0.25, 0.3) is 0 Å². The molecule has 0 aliphatic carbocycles. The molecule has 0 radical (unpaired) electrons. The molecule has 1 amide bonds. The van der Waals surface area contributed by atoms with Gasteiger partial charge in [-0.3, -0.25) is 13.8 Å². The number of amides is 1. The Morgan fingerprint density at radius 3 is 1.30 bits per heavy atom. The quantitative estimate of drug-likeness (QED) is 0.0243. The molecular weight excluding hydrogens is 852 g/mol. The van der Waals surface area contributed by atoms with Crippen LogP contribution in [0.15, 0.2) is 72.9 Å². The molecule has 67 heavy (non-hydrogen) atoms. The Hall–Kier alpha value is -2.06. The van der Waals surface area contributed by atoms with E-state index in [0.717, 1.165) is 70.6 Å². The Balaban J connectivity index is 3.65. The van der Waals surface area contributed by atoms with E-state index in [1.54, 1.807) is 6.08 Å². The zero-order valence-corrected chi connectivity index (χ0v) is 45.3. The van der Waals surface area contributed by atoms with E-state index >= 15 is 0 Å². The fraction of sp³-hybridized carbons (Fsp3) is 0.776. The van der Waals surface area contributed by atoms with Crippen molar-refractivity contribution in [3.05, 3.63) is 72.9 Å². The molecule has 0 fully saturated rings. The Bertz CT molecular complexity index is 1320. The molecule has 3 unspecified atom stereocenters. The van der Waals surface area contributed by atoms with Crippen LogP contribution in [0.5, 0.6) is 0 Å². The van der Waals surface area contributed by atoms with E-state index in [0.29, 0.717) is 17.4 Å². The second-order valence-corrected chi connectivity index (χ2v) is 21.4. The van der Waals surface area contributed by atoms with Crippen molar-refractivity contribution in [1.29, 1.82) is 0 Å². The maximum absolute atomic E-state index is 12.8. The van der Waals surface area contributed by atoms with Gasteiger partial charge in [0.2, 0.25) is 5.91 Å². The van der Waals surface area contributed by atoms with Gasteiger partial charge in [0.1, 0.15) is 13.2 Å². The van der Waals surface area contributed by atoms with Crippen molar-refractivity contribution in [1.82, 2.24) is 5.32 Å². The normalized spacial score (nSPS) is 14.6. The van der Waals surface area contributed by atoms with Gasteiger partial charge in [-0.2, -0.15) is 0 Å². The Morgan fingerprint density at radius 1 is 0.522 bits per heavy atom. The number of phosphoric ester groups is 1. The summed E-state index contributed by atoms with van der Waals surface area (Å²) in [5.41, 5.74) is 0. The number of aliphatic hydroxyl groups excluding tert-OH is 1. The molecular formula is C58H108N2O6P+. The minimum absolute atomic E-state index is 0.0602. The predicted octanol–water partition coefficient (Wildman–Crippen LogP) is 16.7. The molecule has 0 aromatic carbocycles. The van der Waals surface area contributed by atoms with Crippen LogP contribution in [-0.2, 0) is 18.4 Å². The highest BCUT2D eigenvalue weighted by atomic mass is 31.2. The van der Waals surface area contributed by atoms with Gasteiger partial charge in [0.05, 0.1) is 39.9 Å².